The number of fused-ring (bicyclic) bond motifs is 2. The Morgan fingerprint density at radius 2 is 2.06 bits per heavy atom. The van der Waals surface area contributed by atoms with Crippen molar-refractivity contribution in [1.29, 1.82) is 0 Å². The molecule has 1 heterocycles. The van der Waals surface area contributed by atoms with Crippen LogP contribution in [-0.4, -0.2) is 24.0 Å². The van der Waals surface area contributed by atoms with Crippen molar-refractivity contribution in [2.45, 2.75) is 39.2 Å². The van der Waals surface area contributed by atoms with Crippen molar-refractivity contribution < 1.29 is 0 Å². The summed E-state index contributed by atoms with van der Waals surface area (Å²) >= 11 is 0. The molecule has 0 amide bonds. The molecule has 0 N–H and O–H groups in total. The molecule has 96 valence electrons. The van der Waals surface area contributed by atoms with Gasteiger partial charge in [-0.2, -0.15) is 0 Å². The van der Waals surface area contributed by atoms with Gasteiger partial charge in [-0.3, -0.25) is 4.90 Å². The zero-order valence-electron chi connectivity index (χ0n) is 11.7. The summed E-state index contributed by atoms with van der Waals surface area (Å²) in [6.45, 7) is 9.33. The van der Waals surface area contributed by atoms with E-state index in [9.17, 15) is 0 Å². The molecule has 18 heavy (non-hydrogen) atoms. The van der Waals surface area contributed by atoms with E-state index in [0.29, 0.717) is 12.0 Å². The fourth-order valence-corrected chi connectivity index (χ4v) is 3.63. The molecular formula is C17H23N. The summed E-state index contributed by atoms with van der Waals surface area (Å²) in [5.74, 6) is 1.40. The van der Waals surface area contributed by atoms with Gasteiger partial charge in [-0.15, -0.1) is 0 Å². The molecule has 0 saturated carbocycles. The van der Waals surface area contributed by atoms with Gasteiger partial charge in [0.15, 0.2) is 0 Å². The molecule has 0 aromatic heterocycles. The van der Waals surface area contributed by atoms with Crippen LogP contribution in [-0.2, 0) is 0 Å². The molecule has 2 unspecified atom stereocenters. The summed E-state index contributed by atoms with van der Waals surface area (Å²) < 4.78 is 0. The van der Waals surface area contributed by atoms with Crippen LogP contribution in [0, 0.1) is 5.92 Å². The van der Waals surface area contributed by atoms with Crippen LogP contribution in [0.15, 0.2) is 30.3 Å². The highest BCUT2D eigenvalue weighted by molar-refractivity contribution is 5.75. The van der Waals surface area contributed by atoms with Crippen molar-refractivity contribution in [3.8, 4) is 0 Å². The molecule has 0 spiro atoms. The van der Waals surface area contributed by atoms with Crippen molar-refractivity contribution in [2.24, 2.45) is 5.92 Å². The third-order valence-corrected chi connectivity index (χ3v) is 4.51. The molecule has 1 aliphatic carbocycles. The number of rotatable bonds is 3. The van der Waals surface area contributed by atoms with E-state index in [1.165, 1.54) is 30.6 Å². The zero-order chi connectivity index (χ0) is 12.7. The van der Waals surface area contributed by atoms with Gasteiger partial charge in [0.2, 0.25) is 0 Å². The fourth-order valence-electron chi connectivity index (χ4n) is 3.63. The average Bonchev–Trinajstić information content (AvgIpc) is 2.97. The Bertz CT molecular complexity index is 472. The molecule has 1 aromatic carbocycles. The molecule has 1 saturated heterocycles. The minimum Gasteiger partial charge on any atom is -0.296 e. The number of benzene rings is 1. The highest BCUT2D eigenvalue weighted by Gasteiger charge is 2.39. The second-order valence-electron chi connectivity index (χ2n) is 5.96. The summed E-state index contributed by atoms with van der Waals surface area (Å²) in [6, 6.07) is 9.65. The monoisotopic (exact) mass is 241 g/mol. The molecule has 1 fully saturated rings. The van der Waals surface area contributed by atoms with Crippen molar-refractivity contribution >= 4 is 5.57 Å². The van der Waals surface area contributed by atoms with Crippen molar-refractivity contribution in [3.05, 3.63) is 41.5 Å². The number of hydrogen-bond donors (Lipinski definition) is 0. The topological polar surface area (TPSA) is 3.24 Å². The summed E-state index contributed by atoms with van der Waals surface area (Å²) in [5, 5.41) is 0. The molecule has 1 heteroatoms. The van der Waals surface area contributed by atoms with E-state index in [2.05, 4.69) is 56.0 Å². The lowest BCUT2D eigenvalue weighted by Gasteiger charge is -2.28. The van der Waals surface area contributed by atoms with Gasteiger partial charge in [0.25, 0.3) is 0 Å². The smallest absolute Gasteiger partial charge is 0.0357 e. The lowest BCUT2D eigenvalue weighted by atomic mass is 9.90. The van der Waals surface area contributed by atoms with Gasteiger partial charge in [0.05, 0.1) is 0 Å². The van der Waals surface area contributed by atoms with Crippen LogP contribution in [0.25, 0.3) is 5.57 Å². The van der Waals surface area contributed by atoms with E-state index < -0.39 is 0 Å². The van der Waals surface area contributed by atoms with Crippen LogP contribution in [0.4, 0.5) is 0 Å². The second kappa shape index (κ2) is 4.55. The molecule has 1 aliphatic heterocycles. The summed E-state index contributed by atoms with van der Waals surface area (Å²) in [4.78, 5) is 2.64. The van der Waals surface area contributed by atoms with Crippen LogP contribution in [0.1, 0.15) is 44.2 Å². The zero-order valence-corrected chi connectivity index (χ0v) is 11.7. The summed E-state index contributed by atoms with van der Waals surface area (Å²) in [5.41, 5.74) is 4.60. The standard InChI is InChI=1S/C17H23N/c1-4-18-11-13-9-16(17(18)10-13)15-8-6-5-7-14(15)12(2)3/h5-9,12-13,17H,4,10-11H2,1-3H3. The van der Waals surface area contributed by atoms with E-state index in [1.807, 2.05) is 0 Å². The third-order valence-electron chi connectivity index (χ3n) is 4.51. The number of nitrogens with zero attached hydrogens (tertiary/aromatic N) is 1. The van der Waals surface area contributed by atoms with E-state index in [4.69, 9.17) is 0 Å². The predicted octanol–water partition coefficient (Wildman–Crippen LogP) is 3.92. The first-order valence-corrected chi connectivity index (χ1v) is 7.25. The Morgan fingerprint density at radius 1 is 1.28 bits per heavy atom. The first kappa shape index (κ1) is 12.0. The van der Waals surface area contributed by atoms with Crippen molar-refractivity contribution in [2.75, 3.05) is 13.1 Å². The van der Waals surface area contributed by atoms with Crippen LogP contribution in [0.2, 0.25) is 0 Å². The van der Waals surface area contributed by atoms with Gasteiger partial charge in [0, 0.05) is 12.6 Å². The largest absolute Gasteiger partial charge is 0.296 e. The first-order chi connectivity index (χ1) is 8.70. The number of likely N-dealkylation sites (tertiary alicyclic amines) is 1. The van der Waals surface area contributed by atoms with Crippen LogP contribution in [0.3, 0.4) is 0 Å². The number of hydrogen-bond acceptors (Lipinski definition) is 1. The van der Waals surface area contributed by atoms with E-state index in [0.717, 1.165) is 5.92 Å². The molecule has 0 radical (unpaired) electrons. The Morgan fingerprint density at radius 3 is 2.72 bits per heavy atom. The minimum absolute atomic E-state index is 0.608. The lowest BCUT2D eigenvalue weighted by Crippen LogP contribution is -2.32. The van der Waals surface area contributed by atoms with E-state index in [-0.39, 0.29) is 0 Å². The quantitative estimate of drug-likeness (QED) is 0.775. The Balaban J connectivity index is 2.00. The van der Waals surface area contributed by atoms with Gasteiger partial charge in [-0.05, 0) is 41.5 Å². The van der Waals surface area contributed by atoms with Gasteiger partial charge in [0.1, 0.15) is 0 Å². The molecule has 1 nitrogen and oxygen atoms in total. The molecule has 2 atom stereocenters. The summed E-state index contributed by atoms with van der Waals surface area (Å²) in [6.07, 6.45) is 3.88. The SMILES string of the molecule is CCN1CC2C=C(c3ccccc3C(C)C)C1C2. The molecule has 3 rings (SSSR count). The fraction of sp³-hybridized carbons (Fsp3) is 0.529. The Kier molecular flexibility index (Phi) is 3.03. The van der Waals surface area contributed by atoms with E-state index in [1.54, 1.807) is 5.57 Å². The van der Waals surface area contributed by atoms with Gasteiger partial charge < -0.3 is 0 Å². The van der Waals surface area contributed by atoms with Gasteiger partial charge >= 0.3 is 0 Å². The normalized spacial score (nSPS) is 27.0. The maximum absolute atomic E-state index is 2.64. The summed E-state index contributed by atoms with van der Waals surface area (Å²) in [7, 11) is 0. The Hall–Kier alpha value is -1.08. The number of likely N-dealkylation sites (N-methyl/N-ethyl adjacent to an activating group) is 1. The highest BCUT2D eigenvalue weighted by Crippen LogP contribution is 2.43. The van der Waals surface area contributed by atoms with Crippen LogP contribution >= 0.6 is 0 Å². The Labute approximate surface area is 111 Å². The molecular weight excluding hydrogens is 218 g/mol. The first-order valence-electron chi connectivity index (χ1n) is 7.25. The van der Waals surface area contributed by atoms with Crippen LogP contribution < -0.4 is 0 Å². The van der Waals surface area contributed by atoms with Crippen molar-refractivity contribution in [3.63, 3.8) is 0 Å². The second-order valence-corrected chi connectivity index (χ2v) is 5.96. The highest BCUT2D eigenvalue weighted by atomic mass is 15.2. The van der Waals surface area contributed by atoms with E-state index >= 15 is 0 Å². The van der Waals surface area contributed by atoms with Crippen molar-refractivity contribution in [1.82, 2.24) is 4.90 Å². The van der Waals surface area contributed by atoms with Crippen LogP contribution in [0.5, 0.6) is 0 Å². The third kappa shape index (κ3) is 1.81. The molecule has 1 aromatic rings. The maximum atomic E-state index is 2.64. The van der Waals surface area contributed by atoms with Gasteiger partial charge in [-0.1, -0.05) is 51.1 Å². The minimum atomic E-state index is 0.608. The predicted molar refractivity (Wildman–Crippen MR) is 77.7 cm³/mol. The molecule has 2 bridgehead atoms. The molecule has 2 aliphatic rings. The lowest BCUT2D eigenvalue weighted by molar-refractivity contribution is 0.302. The van der Waals surface area contributed by atoms with Gasteiger partial charge in [-0.25, -0.2) is 0 Å². The average molecular weight is 241 g/mol. The maximum Gasteiger partial charge on any atom is 0.0357 e.